The Balaban J connectivity index is 0.000000194. The number of carboxylic acids is 1. The number of fused-ring (bicyclic) bond motifs is 2. The number of carboxylic acid groups (broad SMARTS) is 1. The van der Waals surface area contributed by atoms with Gasteiger partial charge in [-0.3, -0.25) is 24.1 Å². The number of phenolic OH excluding ortho intramolecular Hbond substituents is 1. The van der Waals surface area contributed by atoms with Crippen molar-refractivity contribution in [3.05, 3.63) is 153 Å². The summed E-state index contributed by atoms with van der Waals surface area (Å²) >= 11 is 0. The lowest BCUT2D eigenvalue weighted by molar-refractivity contribution is -0.141. The molecule has 2 heterocycles. The van der Waals surface area contributed by atoms with Gasteiger partial charge in [-0.2, -0.15) is 0 Å². The second-order valence-electron chi connectivity index (χ2n) is 11.2. The molecular formula is C39H31BN2O12. The number of ether oxygens (including phenoxy) is 1. The summed E-state index contributed by atoms with van der Waals surface area (Å²) in [5.41, 5.74) is 1.39. The van der Waals surface area contributed by atoms with Gasteiger partial charge in [0.2, 0.25) is 19.7 Å². The Labute approximate surface area is 307 Å². The standard InChI is InChI=1S/C19H15NO5.C11H10BNO4.C9H6O3/c21-17(10-13-4-2-1-3-5-13)20-12-19(23)24-15-8-6-14-7-9-18(22)25-16(14)11-15;12-11(17)13(7-10(15)16)9(14)6-8-4-2-1-3-5-8;10-7-3-1-6-2-4-9(11)12-8(6)5-7/h1-9,11H,10,12H2,(H,20,21);1-5H,6-7H2,(H,15,16);1-5,10H. The van der Waals surface area contributed by atoms with Gasteiger partial charge in [0, 0.05) is 35.0 Å². The number of amides is 3. The Hall–Kier alpha value is -7.29. The molecule has 2 aromatic heterocycles. The number of carbonyl (C=O) groups is 5. The van der Waals surface area contributed by atoms with Crippen LogP contribution in [-0.4, -0.2) is 65.6 Å². The minimum Gasteiger partial charge on any atom is -0.508 e. The maximum atomic E-state index is 11.8. The van der Waals surface area contributed by atoms with Crippen LogP contribution in [0.4, 0.5) is 4.79 Å². The monoisotopic (exact) mass is 730 g/mol. The van der Waals surface area contributed by atoms with Gasteiger partial charge in [0.25, 0.3) is 0 Å². The van der Waals surface area contributed by atoms with Crippen LogP contribution in [0.2, 0.25) is 0 Å². The number of hydrogen-bond donors (Lipinski definition) is 3. The number of aromatic hydroxyl groups is 1. The van der Waals surface area contributed by atoms with Crippen LogP contribution in [0.5, 0.6) is 11.5 Å². The average Bonchev–Trinajstić information content (AvgIpc) is 3.14. The van der Waals surface area contributed by atoms with Crippen molar-refractivity contribution in [2.24, 2.45) is 0 Å². The third-order valence-corrected chi connectivity index (χ3v) is 7.13. The molecular weight excluding hydrogens is 699 g/mol. The number of rotatable bonds is 9. The molecule has 0 spiro atoms. The minimum atomic E-state index is -1.29. The maximum absolute atomic E-state index is 11.8. The number of imide groups is 1. The number of hydrogen-bond acceptors (Lipinski definition) is 11. The van der Waals surface area contributed by atoms with Gasteiger partial charge in [-0.1, -0.05) is 60.7 Å². The van der Waals surface area contributed by atoms with Crippen LogP contribution < -0.4 is 21.3 Å². The number of aliphatic carboxylic acids is 1. The molecule has 0 fully saturated rings. The molecule has 14 nitrogen and oxygen atoms in total. The van der Waals surface area contributed by atoms with Crippen LogP contribution in [0.3, 0.4) is 0 Å². The Kier molecular flexibility index (Phi) is 14.2. The molecule has 0 unspecified atom stereocenters. The van der Waals surface area contributed by atoms with E-state index < -0.39 is 41.4 Å². The second kappa shape index (κ2) is 19.4. The highest BCUT2D eigenvalue weighted by Gasteiger charge is 2.20. The zero-order chi connectivity index (χ0) is 39.0. The van der Waals surface area contributed by atoms with Gasteiger partial charge in [-0.05, 0) is 47.5 Å². The SMILES string of the molecule is O=C(Cc1ccccc1)NCC(=O)Oc1ccc2ccc(=O)oc2c1.O=c1ccc2ccc(O)cc2o1.[B]C(=O)N(CC(=O)O)C(=O)Cc1ccccc1. The highest BCUT2D eigenvalue weighted by molar-refractivity contribution is 6.58. The molecule has 3 amide bonds. The molecule has 0 aliphatic heterocycles. The predicted molar refractivity (Wildman–Crippen MR) is 196 cm³/mol. The van der Waals surface area contributed by atoms with Crippen LogP contribution in [0.15, 0.2) is 140 Å². The fourth-order valence-electron chi connectivity index (χ4n) is 4.63. The lowest BCUT2D eigenvalue weighted by atomic mass is 10.1. The largest absolute Gasteiger partial charge is 0.508 e. The summed E-state index contributed by atoms with van der Waals surface area (Å²) in [6.07, 6.45) is 0.131. The molecule has 0 saturated carbocycles. The van der Waals surface area contributed by atoms with E-state index in [-0.39, 0.29) is 36.8 Å². The highest BCUT2D eigenvalue weighted by Crippen LogP contribution is 2.20. The van der Waals surface area contributed by atoms with Crippen LogP contribution in [0.1, 0.15) is 11.1 Å². The Morgan fingerprint density at radius 1 is 0.685 bits per heavy atom. The van der Waals surface area contributed by atoms with Gasteiger partial charge < -0.3 is 29.1 Å². The maximum Gasteiger partial charge on any atom is 0.336 e. The van der Waals surface area contributed by atoms with E-state index in [4.69, 9.17) is 31.6 Å². The first-order valence-electron chi connectivity index (χ1n) is 16.0. The number of carbonyl (C=O) groups excluding carboxylic acids is 4. The van der Waals surface area contributed by atoms with Crippen molar-refractivity contribution in [3.8, 4) is 11.5 Å². The smallest absolute Gasteiger partial charge is 0.336 e. The predicted octanol–water partition coefficient (Wildman–Crippen LogP) is 3.99. The van der Waals surface area contributed by atoms with E-state index in [0.29, 0.717) is 21.6 Å². The molecule has 2 radical (unpaired) electrons. The van der Waals surface area contributed by atoms with E-state index in [1.54, 1.807) is 66.7 Å². The molecule has 272 valence electrons. The quantitative estimate of drug-likeness (QED) is 0.0835. The molecule has 6 aromatic rings. The summed E-state index contributed by atoms with van der Waals surface area (Å²) in [4.78, 5) is 79.2. The third-order valence-electron chi connectivity index (χ3n) is 7.13. The molecule has 0 aliphatic rings. The average molecular weight is 730 g/mol. The summed E-state index contributed by atoms with van der Waals surface area (Å²) in [5, 5.41) is 21.6. The third kappa shape index (κ3) is 12.8. The van der Waals surface area contributed by atoms with Gasteiger partial charge in [-0.15, -0.1) is 0 Å². The van der Waals surface area contributed by atoms with Crippen LogP contribution in [-0.2, 0) is 32.0 Å². The number of nitrogens with one attached hydrogen (secondary N) is 1. The first-order chi connectivity index (χ1) is 25.9. The van der Waals surface area contributed by atoms with Crippen molar-refractivity contribution in [3.63, 3.8) is 0 Å². The van der Waals surface area contributed by atoms with E-state index in [1.165, 1.54) is 24.3 Å². The summed E-state index contributed by atoms with van der Waals surface area (Å²) < 4.78 is 15.0. The molecule has 0 aliphatic carbocycles. The van der Waals surface area contributed by atoms with Crippen molar-refractivity contribution in [2.75, 3.05) is 13.1 Å². The highest BCUT2D eigenvalue weighted by atomic mass is 16.5. The fraction of sp³-hybridized carbons (Fsp3) is 0.103. The Morgan fingerprint density at radius 2 is 1.20 bits per heavy atom. The summed E-state index contributed by atoms with van der Waals surface area (Å²) in [5.74, 6) is -3.53. The van der Waals surface area contributed by atoms with E-state index in [9.17, 15) is 33.6 Å². The van der Waals surface area contributed by atoms with E-state index in [1.807, 2.05) is 30.3 Å². The van der Waals surface area contributed by atoms with E-state index in [0.717, 1.165) is 16.3 Å². The topological polar surface area (TPSA) is 211 Å². The normalized spacial score (nSPS) is 10.1. The first kappa shape index (κ1) is 39.5. The molecule has 6 rings (SSSR count). The van der Waals surface area contributed by atoms with Crippen LogP contribution in [0.25, 0.3) is 21.9 Å². The van der Waals surface area contributed by atoms with Crippen molar-refractivity contribution in [1.29, 1.82) is 0 Å². The molecule has 54 heavy (non-hydrogen) atoms. The Morgan fingerprint density at radius 3 is 1.76 bits per heavy atom. The zero-order valence-electron chi connectivity index (χ0n) is 28.4. The molecule has 0 saturated heterocycles. The Bertz CT molecular complexity index is 2380. The van der Waals surface area contributed by atoms with Gasteiger partial charge in [-0.25, -0.2) is 14.4 Å². The molecule has 0 bridgehead atoms. The number of benzene rings is 4. The summed E-state index contributed by atoms with van der Waals surface area (Å²) in [6.45, 7) is -0.969. The molecule has 3 N–H and O–H groups in total. The molecule has 4 aromatic carbocycles. The summed E-state index contributed by atoms with van der Waals surface area (Å²) in [6, 6.07) is 33.2. The van der Waals surface area contributed by atoms with Crippen molar-refractivity contribution >= 4 is 59.3 Å². The lowest BCUT2D eigenvalue weighted by Crippen LogP contribution is -2.40. The fourth-order valence-corrected chi connectivity index (χ4v) is 4.63. The second-order valence-corrected chi connectivity index (χ2v) is 11.2. The summed E-state index contributed by atoms with van der Waals surface area (Å²) in [7, 11) is 4.94. The van der Waals surface area contributed by atoms with Crippen molar-refractivity contribution in [1.82, 2.24) is 10.2 Å². The number of nitrogens with zero attached hydrogens (tertiary/aromatic N) is 1. The zero-order valence-corrected chi connectivity index (χ0v) is 28.4. The van der Waals surface area contributed by atoms with Crippen molar-refractivity contribution < 1.29 is 47.8 Å². The lowest BCUT2D eigenvalue weighted by Gasteiger charge is -2.17. The van der Waals surface area contributed by atoms with Gasteiger partial charge in [0.05, 0.1) is 12.8 Å². The van der Waals surface area contributed by atoms with E-state index >= 15 is 0 Å². The van der Waals surface area contributed by atoms with Crippen LogP contribution in [0, 0.1) is 0 Å². The van der Waals surface area contributed by atoms with E-state index in [2.05, 4.69) is 5.32 Å². The van der Waals surface area contributed by atoms with Gasteiger partial charge >= 0.3 is 23.2 Å². The first-order valence-corrected chi connectivity index (χ1v) is 16.0. The molecule has 0 atom stereocenters. The molecule has 15 heteroatoms. The number of phenols is 1. The van der Waals surface area contributed by atoms with Crippen molar-refractivity contribution in [2.45, 2.75) is 12.8 Å². The number of esters is 1. The minimum absolute atomic E-state index is 0.0585. The van der Waals surface area contributed by atoms with Gasteiger partial charge in [0.15, 0.2) is 5.81 Å². The van der Waals surface area contributed by atoms with Crippen LogP contribution >= 0.6 is 0 Å². The van der Waals surface area contributed by atoms with Gasteiger partial charge in [0.1, 0.15) is 35.8 Å².